The van der Waals surface area contributed by atoms with Gasteiger partial charge in [0, 0.05) is 11.5 Å². The van der Waals surface area contributed by atoms with Crippen molar-refractivity contribution >= 4 is 35.6 Å². The zero-order valence-electron chi connectivity index (χ0n) is 15.1. The first-order chi connectivity index (χ1) is 11.5. The third-order valence-electron chi connectivity index (χ3n) is 3.87. The minimum Gasteiger partial charge on any atom is -0.497 e. The van der Waals surface area contributed by atoms with Crippen LogP contribution < -0.4 is 20.5 Å². The molecule has 0 amide bonds. The molecule has 0 aliphatic rings. The molecule has 2 aromatic rings. The lowest BCUT2D eigenvalue weighted by molar-refractivity contribution is 0.405. The zero-order chi connectivity index (χ0) is 17.6. The number of aliphatic imine (C=N–C) groups is 1. The molecule has 25 heavy (non-hydrogen) atoms. The molecule has 0 saturated carbocycles. The Hall–Kier alpha value is -1.96. The topological polar surface area (TPSA) is 68.9 Å². The van der Waals surface area contributed by atoms with Crippen LogP contribution in [0.15, 0.2) is 53.5 Å². The van der Waals surface area contributed by atoms with Gasteiger partial charge in [0.2, 0.25) is 0 Å². The molecule has 2 rings (SSSR count). The van der Waals surface area contributed by atoms with Crippen molar-refractivity contribution in [3.05, 3.63) is 54.1 Å². The number of anilines is 1. The van der Waals surface area contributed by atoms with E-state index in [-0.39, 0.29) is 29.4 Å². The van der Waals surface area contributed by atoms with Gasteiger partial charge in [-0.2, -0.15) is 0 Å². The van der Waals surface area contributed by atoms with Gasteiger partial charge in [0.05, 0.1) is 26.5 Å². The van der Waals surface area contributed by atoms with E-state index in [1.165, 1.54) is 5.56 Å². The summed E-state index contributed by atoms with van der Waals surface area (Å²) in [6.45, 7) is 4.86. The van der Waals surface area contributed by atoms with E-state index in [4.69, 9.17) is 15.2 Å². The largest absolute Gasteiger partial charge is 0.497 e. The SMILES string of the molecule is COc1ccc(OC)c(NC(N)=NCC(C)(C)c2ccccc2)c1.I. The summed E-state index contributed by atoms with van der Waals surface area (Å²) in [4.78, 5) is 4.49. The predicted molar refractivity (Wildman–Crippen MR) is 115 cm³/mol. The second-order valence-electron chi connectivity index (χ2n) is 6.14. The Labute approximate surface area is 166 Å². The molecule has 2 aromatic carbocycles. The quantitative estimate of drug-likeness (QED) is 0.392. The predicted octanol–water partition coefficient (Wildman–Crippen LogP) is 4.03. The standard InChI is InChI=1S/C19H25N3O2.HI/c1-19(2,14-8-6-5-7-9-14)13-21-18(20)22-16-12-15(23-3)10-11-17(16)24-4;/h5-12H,13H2,1-4H3,(H3,20,21,22);1H. The molecule has 0 saturated heterocycles. The molecule has 0 aliphatic heterocycles. The van der Waals surface area contributed by atoms with Crippen LogP contribution in [0, 0.1) is 0 Å². The number of ether oxygens (including phenoxy) is 2. The van der Waals surface area contributed by atoms with E-state index in [9.17, 15) is 0 Å². The van der Waals surface area contributed by atoms with Gasteiger partial charge < -0.3 is 20.5 Å². The molecular formula is C19H26IN3O2. The molecule has 0 aromatic heterocycles. The molecule has 5 nitrogen and oxygen atoms in total. The number of nitrogens with zero attached hydrogens (tertiary/aromatic N) is 1. The summed E-state index contributed by atoms with van der Waals surface area (Å²) < 4.78 is 10.6. The monoisotopic (exact) mass is 455 g/mol. The Bertz CT molecular complexity index is 703. The van der Waals surface area contributed by atoms with Gasteiger partial charge in [0.15, 0.2) is 5.96 Å². The number of benzene rings is 2. The highest BCUT2D eigenvalue weighted by molar-refractivity contribution is 14.0. The second-order valence-corrected chi connectivity index (χ2v) is 6.14. The van der Waals surface area contributed by atoms with Gasteiger partial charge in [-0.25, -0.2) is 0 Å². The van der Waals surface area contributed by atoms with Crippen molar-refractivity contribution in [1.29, 1.82) is 0 Å². The molecule has 3 N–H and O–H groups in total. The van der Waals surface area contributed by atoms with Gasteiger partial charge in [-0.05, 0) is 17.7 Å². The van der Waals surface area contributed by atoms with Crippen molar-refractivity contribution in [2.45, 2.75) is 19.3 Å². The summed E-state index contributed by atoms with van der Waals surface area (Å²) in [6.07, 6.45) is 0. The van der Waals surface area contributed by atoms with E-state index in [0.717, 1.165) is 11.4 Å². The molecule has 0 unspecified atom stereocenters. The summed E-state index contributed by atoms with van der Waals surface area (Å²) >= 11 is 0. The fraction of sp³-hybridized carbons (Fsp3) is 0.316. The van der Waals surface area contributed by atoms with Crippen LogP contribution in [0.2, 0.25) is 0 Å². The van der Waals surface area contributed by atoms with E-state index >= 15 is 0 Å². The maximum atomic E-state index is 6.05. The highest BCUT2D eigenvalue weighted by atomic mass is 127. The van der Waals surface area contributed by atoms with Crippen LogP contribution in [0.5, 0.6) is 11.5 Å². The van der Waals surface area contributed by atoms with Gasteiger partial charge in [0.25, 0.3) is 0 Å². The van der Waals surface area contributed by atoms with Gasteiger partial charge in [-0.3, -0.25) is 4.99 Å². The van der Waals surface area contributed by atoms with Crippen molar-refractivity contribution in [1.82, 2.24) is 0 Å². The number of nitrogens with one attached hydrogen (secondary N) is 1. The van der Waals surface area contributed by atoms with Crippen molar-refractivity contribution in [2.75, 3.05) is 26.1 Å². The zero-order valence-corrected chi connectivity index (χ0v) is 17.4. The Morgan fingerprint density at radius 3 is 2.36 bits per heavy atom. The smallest absolute Gasteiger partial charge is 0.193 e. The highest BCUT2D eigenvalue weighted by Crippen LogP contribution is 2.29. The number of halogens is 1. The Morgan fingerprint density at radius 2 is 1.76 bits per heavy atom. The molecule has 0 bridgehead atoms. The fourth-order valence-corrected chi connectivity index (χ4v) is 2.35. The lowest BCUT2D eigenvalue weighted by Crippen LogP contribution is -2.28. The third kappa shape index (κ3) is 5.81. The maximum Gasteiger partial charge on any atom is 0.193 e. The van der Waals surface area contributed by atoms with E-state index in [1.807, 2.05) is 36.4 Å². The van der Waals surface area contributed by atoms with Crippen LogP contribution in [0.3, 0.4) is 0 Å². The van der Waals surface area contributed by atoms with Crippen LogP contribution in [-0.2, 0) is 5.41 Å². The molecule has 0 spiro atoms. The lowest BCUT2D eigenvalue weighted by Gasteiger charge is -2.23. The van der Waals surface area contributed by atoms with Gasteiger partial charge >= 0.3 is 0 Å². The first-order valence-corrected chi connectivity index (χ1v) is 7.81. The van der Waals surface area contributed by atoms with Crippen molar-refractivity contribution in [3.8, 4) is 11.5 Å². The van der Waals surface area contributed by atoms with Crippen LogP contribution in [-0.4, -0.2) is 26.7 Å². The Morgan fingerprint density at radius 1 is 1.08 bits per heavy atom. The summed E-state index contributed by atoms with van der Waals surface area (Å²) in [6, 6.07) is 15.7. The van der Waals surface area contributed by atoms with Gasteiger partial charge in [-0.1, -0.05) is 44.2 Å². The number of hydrogen-bond donors (Lipinski definition) is 2. The fourth-order valence-electron chi connectivity index (χ4n) is 2.35. The Kier molecular flexibility index (Phi) is 8.02. The van der Waals surface area contributed by atoms with E-state index in [1.54, 1.807) is 14.2 Å². The second kappa shape index (κ2) is 9.50. The maximum absolute atomic E-state index is 6.05. The van der Waals surface area contributed by atoms with Crippen molar-refractivity contribution < 1.29 is 9.47 Å². The highest BCUT2D eigenvalue weighted by Gasteiger charge is 2.19. The molecule has 0 radical (unpaired) electrons. The van der Waals surface area contributed by atoms with Crippen molar-refractivity contribution in [2.24, 2.45) is 10.7 Å². The summed E-state index contributed by atoms with van der Waals surface area (Å²) in [5.74, 6) is 1.73. The number of hydrogen-bond acceptors (Lipinski definition) is 3. The molecule has 0 atom stereocenters. The van der Waals surface area contributed by atoms with Crippen LogP contribution in [0.1, 0.15) is 19.4 Å². The number of rotatable bonds is 6. The Balaban J connectivity index is 0.00000312. The third-order valence-corrected chi connectivity index (χ3v) is 3.87. The van der Waals surface area contributed by atoms with E-state index < -0.39 is 0 Å². The molecular weight excluding hydrogens is 429 g/mol. The number of nitrogens with two attached hydrogens (primary N) is 1. The van der Waals surface area contributed by atoms with E-state index in [2.05, 4.69) is 36.3 Å². The van der Waals surface area contributed by atoms with Crippen LogP contribution >= 0.6 is 24.0 Å². The number of guanidine groups is 1. The van der Waals surface area contributed by atoms with Crippen molar-refractivity contribution in [3.63, 3.8) is 0 Å². The van der Waals surface area contributed by atoms with E-state index in [0.29, 0.717) is 18.3 Å². The van der Waals surface area contributed by atoms with Gasteiger partial charge in [-0.15, -0.1) is 24.0 Å². The molecule has 0 heterocycles. The minimum absolute atomic E-state index is 0. The molecule has 6 heteroatoms. The molecule has 0 aliphatic carbocycles. The van der Waals surface area contributed by atoms with Gasteiger partial charge in [0.1, 0.15) is 11.5 Å². The van der Waals surface area contributed by atoms with Crippen LogP contribution in [0.25, 0.3) is 0 Å². The molecule has 136 valence electrons. The first-order valence-electron chi connectivity index (χ1n) is 7.81. The average Bonchev–Trinajstić information content (AvgIpc) is 2.60. The summed E-state index contributed by atoms with van der Waals surface area (Å²) in [5, 5.41) is 3.08. The molecule has 0 fully saturated rings. The normalized spacial score (nSPS) is 11.4. The number of methoxy groups -OCH3 is 2. The minimum atomic E-state index is -0.105. The summed E-state index contributed by atoms with van der Waals surface area (Å²) in [7, 11) is 3.23. The average molecular weight is 455 g/mol. The van der Waals surface area contributed by atoms with Crippen LogP contribution in [0.4, 0.5) is 5.69 Å². The lowest BCUT2D eigenvalue weighted by atomic mass is 9.85. The summed E-state index contributed by atoms with van der Waals surface area (Å²) in [5.41, 5.74) is 7.88. The first kappa shape index (κ1) is 21.1.